The standard InChI is InChI=1S/C16H26N2O2/c1-16(2,3)18(11-10-15(19)20)12-13-6-8-14(9-7-13)17(4)5/h6-9H,10-12H2,1-5H3,(H,19,20). The zero-order valence-electron chi connectivity index (χ0n) is 13.2. The number of carbonyl (C=O) groups is 1. The van der Waals surface area contributed by atoms with E-state index in [1.807, 2.05) is 14.1 Å². The zero-order chi connectivity index (χ0) is 15.3. The van der Waals surface area contributed by atoms with Crippen molar-refractivity contribution in [2.75, 3.05) is 25.5 Å². The van der Waals surface area contributed by atoms with Gasteiger partial charge in [0.2, 0.25) is 0 Å². The van der Waals surface area contributed by atoms with Gasteiger partial charge in [0.1, 0.15) is 0 Å². The van der Waals surface area contributed by atoms with Crippen LogP contribution in [0.4, 0.5) is 5.69 Å². The lowest BCUT2D eigenvalue weighted by molar-refractivity contribution is -0.137. The van der Waals surface area contributed by atoms with Crippen LogP contribution in [0, 0.1) is 0 Å². The summed E-state index contributed by atoms with van der Waals surface area (Å²) in [6.45, 7) is 7.67. The van der Waals surface area contributed by atoms with Crippen LogP contribution in [0.1, 0.15) is 32.8 Å². The third kappa shape index (κ3) is 5.21. The van der Waals surface area contributed by atoms with Gasteiger partial charge in [0.15, 0.2) is 0 Å². The number of rotatable bonds is 6. The van der Waals surface area contributed by atoms with Crippen molar-refractivity contribution >= 4 is 11.7 Å². The van der Waals surface area contributed by atoms with Crippen molar-refractivity contribution in [1.29, 1.82) is 0 Å². The van der Waals surface area contributed by atoms with E-state index in [2.05, 4.69) is 54.8 Å². The van der Waals surface area contributed by atoms with Crippen LogP contribution in [0.5, 0.6) is 0 Å². The molecule has 0 unspecified atom stereocenters. The minimum absolute atomic E-state index is 0.0460. The molecule has 0 aliphatic heterocycles. The van der Waals surface area contributed by atoms with Gasteiger partial charge in [-0.1, -0.05) is 12.1 Å². The molecule has 0 saturated carbocycles. The highest BCUT2D eigenvalue weighted by molar-refractivity contribution is 5.66. The molecule has 0 aliphatic rings. The van der Waals surface area contributed by atoms with Crippen LogP contribution in [0.2, 0.25) is 0 Å². The molecule has 0 bridgehead atoms. The van der Waals surface area contributed by atoms with E-state index >= 15 is 0 Å². The van der Waals surface area contributed by atoms with E-state index in [1.54, 1.807) is 0 Å². The molecular formula is C16H26N2O2. The fourth-order valence-corrected chi connectivity index (χ4v) is 2.00. The van der Waals surface area contributed by atoms with Crippen molar-refractivity contribution in [2.45, 2.75) is 39.3 Å². The smallest absolute Gasteiger partial charge is 0.304 e. The Bertz CT molecular complexity index is 433. The maximum absolute atomic E-state index is 10.8. The van der Waals surface area contributed by atoms with E-state index in [0.29, 0.717) is 6.54 Å². The van der Waals surface area contributed by atoms with Crippen LogP contribution in [0.25, 0.3) is 0 Å². The maximum Gasteiger partial charge on any atom is 0.304 e. The van der Waals surface area contributed by atoms with Crippen molar-refractivity contribution in [2.24, 2.45) is 0 Å². The summed E-state index contributed by atoms with van der Waals surface area (Å²) in [7, 11) is 4.03. The molecule has 0 fully saturated rings. The third-order valence-corrected chi connectivity index (χ3v) is 3.37. The number of carboxylic acids is 1. The molecule has 0 amide bonds. The summed E-state index contributed by atoms with van der Waals surface area (Å²) in [5.74, 6) is -0.748. The predicted octanol–water partition coefficient (Wildman–Crippen LogP) is 2.83. The van der Waals surface area contributed by atoms with Gasteiger partial charge in [-0.15, -0.1) is 0 Å². The minimum Gasteiger partial charge on any atom is -0.481 e. The molecule has 1 aromatic carbocycles. The van der Waals surface area contributed by atoms with Crippen LogP contribution in [0.3, 0.4) is 0 Å². The number of hydrogen-bond donors (Lipinski definition) is 1. The molecule has 0 atom stereocenters. The van der Waals surface area contributed by atoms with Gasteiger partial charge in [-0.25, -0.2) is 0 Å². The van der Waals surface area contributed by atoms with E-state index in [-0.39, 0.29) is 12.0 Å². The van der Waals surface area contributed by atoms with E-state index in [0.717, 1.165) is 6.54 Å². The van der Waals surface area contributed by atoms with Crippen LogP contribution < -0.4 is 4.90 Å². The molecule has 1 N–H and O–H groups in total. The second-order valence-electron chi connectivity index (χ2n) is 6.30. The summed E-state index contributed by atoms with van der Waals surface area (Å²) in [6.07, 6.45) is 0.174. The zero-order valence-corrected chi connectivity index (χ0v) is 13.2. The van der Waals surface area contributed by atoms with Crippen molar-refractivity contribution in [1.82, 2.24) is 4.90 Å². The molecule has 4 nitrogen and oxygen atoms in total. The first-order chi connectivity index (χ1) is 9.20. The van der Waals surface area contributed by atoms with Gasteiger partial charge in [0.25, 0.3) is 0 Å². The van der Waals surface area contributed by atoms with Crippen molar-refractivity contribution < 1.29 is 9.90 Å². The average molecular weight is 278 g/mol. The molecule has 1 rings (SSSR count). The molecule has 0 saturated heterocycles. The number of anilines is 1. The fraction of sp³-hybridized carbons (Fsp3) is 0.562. The van der Waals surface area contributed by atoms with Crippen LogP contribution in [-0.4, -0.2) is 42.2 Å². The van der Waals surface area contributed by atoms with Crippen LogP contribution in [0.15, 0.2) is 24.3 Å². The monoisotopic (exact) mass is 278 g/mol. The molecule has 1 aromatic rings. The lowest BCUT2D eigenvalue weighted by Crippen LogP contribution is -2.42. The van der Waals surface area contributed by atoms with Gasteiger partial charge in [-0.2, -0.15) is 0 Å². The SMILES string of the molecule is CN(C)c1ccc(CN(CCC(=O)O)C(C)(C)C)cc1. The van der Waals surface area contributed by atoms with Gasteiger partial charge in [0.05, 0.1) is 6.42 Å². The Kier molecular flexibility index (Phi) is 5.57. The Morgan fingerprint density at radius 1 is 1.15 bits per heavy atom. The molecule has 0 radical (unpaired) electrons. The minimum atomic E-state index is -0.748. The topological polar surface area (TPSA) is 43.8 Å². The molecule has 112 valence electrons. The Morgan fingerprint density at radius 2 is 1.70 bits per heavy atom. The Balaban J connectivity index is 2.76. The summed E-state index contributed by atoms with van der Waals surface area (Å²) < 4.78 is 0. The number of aliphatic carboxylic acids is 1. The Labute approximate surface area is 122 Å². The van der Waals surface area contributed by atoms with Crippen LogP contribution in [-0.2, 0) is 11.3 Å². The second-order valence-corrected chi connectivity index (χ2v) is 6.30. The average Bonchev–Trinajstić information content (AvgIpc) is 2.33. The summed E-state index contributed by atoms with van der Waals surface area (Å²) in [5, 5.41) is 8.86. The molecular weight excluding hydrogens is 252 g/mol. The lowest BCUT2D eigenvalue weighted by Gasteiger charge is -2.35. The van der Waals surface area contributed by atoms with E-state index in [4.69, 9.17) is 5.11 Å². The Hall–Kier alpha value is -1.55. The molecule has 4 heteroatoms. The highest BCUT2D eigenvalue weighted by Crippen LogP contribution is 2.19. The van der Waals surface area contributed by atoms with Gasteiger partial charge in [0, 0.05) is 38.4 Å². The van der Waals surface area contributed by atoms with E-state index < -0.39 is 5.97 Å². The van der Waals surface area contributed by atoms with Crippen molar-refractivity contribution in [3.05, 3.63) is 29.8 Å². The largest absolute Gasteiger partial charge is 0.481 e. The summed E-state index contributed by atoms with van der Waals surface area (Å²) >= 11 is 0. The van der Waals surface area contributed by atoms with E-state index in [1.165, 1.54) is 11.3 Å². The molecule has 0 aliphatic carbocycles. The third-order valence-electron chi connectivity index (χ3n) is 3.37. The number of benzene rings is 1. The first kappa shape index (κ1) is 16.5. The molecule has 0 heterocycles. The van der Waals surface area contributed by atoms with Crippen molar-refractivity contribution in [3.8, 4) is 0 Å². The highest BCUT2D eigenvalue weighted by Gasteiger charge is 2.21. The van der Waals surface area contributed by atoms with Crippen LogP contribution >= 0.6 is 0 Å². The van der Waals surface area contributed by atoms with Gasteiger partial charge in [-0.05, 0) is 38.5 Å². The second kappa shape index (κ2) is 6.75. The number of carboxylic acid groups (broad SMARTS) is 1. The summed E-state index contributed by atoms with van der Waals surface area (Å²) in [4.78, 5) is 15.0. The molecule has 0 aromatic heterocycles. The van der Waals surface area contributed by atoms with Gasteiger partial charge < -0.3 is 10.0 Å². The molecule has 0 spiro atoms. The Morgan fingerprint density at radius 3 is 2.10 bits per heavy atom. The quantitative estimate of drug-likeness (QED) is 0.869. The number of nitrogens with zero attached hydrogens (tertiary/aromatic N) is 2. The van der Waals surface area contributed by atoms with E-state index in [9.17, 15) is 4.79 Å². The fourth-order valence-electron chi connectivity index (χ4n) is 2.00. The first-order valence-corrected chi connectivity index (χ1v) is 6.93. The molecule has 20 heavy (non-hydrogen) atoms. The van der Waals surface area contributed by atoms with Crippen molar-refractivity contribution in [3.63, 3.8) is 0 Å². The first-order valence-electron chi connectivity index (χ1n) is 6.93. The van der Waals surface area contributed by atoms with Gasteiger partial charge >= 0.3 is 5.97 Å². The lowest BCUT2D eigenvalue weighted by atomic mass is 10.0. The highest BCUT2D eigenvalue weighted by atomic mass is 16.4. The maximum atomic E-state index is 10.8. The normalized spacial score (nSPS) is 11.7. The number of hydrogen-bond acceptors (Lipinski definition) is 3. The summed E-state index contributed by atoms with van der Waals surface area (Å²) in [5.41, 5.74) is 2.33. The summed E-state index contributed by atoms with van der Waals surface area (Å²) in [6, 6.07) is 8.39. The predicted molar refractivity (Wildman–Crippen MR) is 83.2 cm³/mol. The van der Waals surface area contributed by atoms with Gasteiger partial charge in [-0.3, -0.25) is 9.69 Å².